The fraction of sp³-hybridized carbons (Fsp3) is 0.500. The van der Waals surface area contributed by atoms with Gasteiger partial charge in [0.25, 0.3) is 0 Å². The van der Waals surface area contributed by atoms with E-state index in [2.05, 4.69) is 26.2 Å². The molecule has 70 valence electrons. The molecule has 0 amide bonds. The normalized spacial score (nSPS) is 43.2. The summed E-state index contributed by atoms with van der Waals surface area (Å²) < 4.78 is 0. The molecule has 3 rings (SSSR count). The Balaban J connectivity index is 2.39. The summed E-state index contributed by atoms with van der Waals surface area (Å²) >= 11 is 0. The lowest BCUT2D eigenvalue weighted by Crippen LogP contribution is -2.41. The van der Waals surface area contributed by atoms with Crippen LogP contribution < -0.4 is 0 Å². The smallest absolute Gasteiger partial charge is 0.0821 e. The highest BCUT2D eigenvalue weighted by Crippen LogP contribution is 2.46. The largest absolute Gasteiger partial charge is 0.388 e. The van der Waals surface area contributed by atoms with Gasteiger partial charge < -0.3 is 5.11 Å². The summed E-state index contributed by atoms with van der Waals surface area (Å²) in [6, 6.07) is 0. The predicted octanol–water partition coefficient (Wildman–Crippen LogP) is 2.30. The second-order valence-corrected chi connectivity index (χ2v) is 4.20. The standard InChI is InChI=1S/C12H16O/c1-4-9-6-10-7(2)5-11(9)12(13)8(10)3/h4-5,9-13H,1,3,6H2,2H3/t9-,10-,11-,12?/m0/s1. The first-order valence-electron chi connectivity index (χ1n) is 4.82. The Bertz CT molecular complexity index is 285. The van der Waals surface area contributed by atoms with Crippen LogP contribution in [-0.4, -0.2) is 11.2 Å². The molecular weight excluding hydrogens is 160 g/mol. The van der Waals surface area contributed by atoms with E-state index in [9.17, 15) is 5.11 Å². The van der Waals surface area contributed by atoms with Crippen molar-refractivity contribution in [3.05, 3.63) is 36.5 Å². The number of fused-ring (bicyclic) bond motifs is 2. The SMILES string of the molecule is C=C[C@H]1C[C@@H]2C(=C)C(O)[C@H]1C=C2C. The molecule has 1 fully saturated rings. The van der Waals surface area contributed by atoms with E-state index >= 15 is 0 Å². The van der Waals surface area contributed by atoms with Gasteiger partial charge in [-0.2, -0.15) is 0 Å². The monoisotopic (exact) mass is 176 g/mol. The number of aliphatic hydroxyl groups excluding tert-OH is 1. The van der Waals surface area contributed by atoms with Crippen molar-refractivity contribution in [1.29, 1.82) is 0 Å². The highest BCUT2D eigenvalue weighted by molar-refractivity contribution is 5.33. The first kappa shape index (κ1) is 8.76. The molecule has 1 unspecified atom stereocenters. The van der Waals surface area contributed by atoms with Crippen LogP contribution in [-0.2, 0) is 0 Å². The molecule has 0 aromatic rings. The third-order valence-corrected chi connectivity index (χ3v) is 3.50. The van der Waals surface area contributed by atoms with E-state index in [1.54, 1.807) is 0 Å². The molecule has 4 atom stereocenters. The quantitative estimate of drug-likeness (QED) is 0.608. The highest BCUT2D eigenvalue weighted by Gasteiger charge is 2.41. The van der Waals surface area contributed by atoms with E-state index in [-0.39, 0.29) is 12.0 Å². The first-order chi connectivity index (χ1) is 6.15. The number of rotatable bonds is 1. The van der Waals surface area contributed by atoms with E-state index in [4.69, 9.17) is 0 Å². The van der Waals surface area contributed by atoms with Crippen LogP contribution in [0.3, 0.4) is 0 Å². The minimum absolute atomic E-state index is 0.231. The van der Waals surface area contributed by atoms with Gasteiger partial charge in [0.2, 0.25) is 0 Å². The van der Waals surface area contributed by atoms with Gasteiger partial charge in [-0.15, -0.1) is 6.58 Å². The summed E-state index contributed by atoms with van der Waals surface area (Å²) in [5.74, 6) is 1.06. The maximum absolute atomic E-state index is 9.90. The number of aliphatic hydroxyl groups is 1. The van der Waals surface area contributed by atoms with Gasteiger partial charge in [-0.05, 0) is 24.8 Å². The fourth-order valence-electron chi connectivity index (χ4n) is 2.63. The van der Waals surface area contributed by atoms with E-state index in [0.717, 1.165) is 12.0 Å². The lowest BCUT2D eigenvalue weighted by atomic mass is 9.62. The second kappa shape index (κ2) is 2.85. The molecule has 0 saturated heterocycles. The van der Waals surface area contributed by atoms with Crippen LogP contribution in [0.25, 0.3) is 0 Å². The average molecular weight is 176 g/mol. The minimum atomic E-state index is -0.342. The van der Waals surface area contributed by atoms with Gasteiger partial charge in [-0.3, -0.25) is 0 Å². The molecule has 13 heavy (non-hydrogen) atoms. The maximum atomic E-state index is 9.90. The Morgan fingerprint density at radius 2 is 2.31 bits per heavy atom. The van der Waals surface area contributed by atoms with Crippen molar-refractivity contribution in [2.75, 3.05) is 0 Å². The van der Waals surface area contributed by atoms with Crippen LogP contribution in [0.15, 0.2) is 36.5 Å². The summed E-state index contributed by atoms with van der Waals surface area (Å²) in [7, 11) is 0. The van der Waals surface area contributed by atoms with Crippen LogP contribution >= 0.6 is 0 Å². The Kier molecular flexibility index (Phi) is 1.92. The molecule has 3 aliphatic carbocycles. The second-order valence-electron chi connectivity index (χ2n) is 4.20. The van der Waals surface area contributed by atoms with Gasteiger partial charge in [-0.1, -0.05) is 24.3 Å². The molecule has 1 nitrogen and oxygen atoms in total. The zero-order valence-corrected chi connectivity index (χ0v) is 8.03. The summed E-state index contributed by atoms with van der Waals surface area (Å²) in [5.41, 5.74) is 2.38. The van der Waals surface area contributed by atoms with Gasteiger partial charge in [0.1, 0.15) is 0 Å². The topological polar surface area (TPSA) is 20.2 Å². The third-order valence-electron chi connectivity index (χ3n) is 3.50. The molecule has 0 spiro atoms. The van der Waals surface area contributed by atoms with Gasteiger partial charge >= 0.3 is 0 Å². The zero-order valence-electron chi connectivity index (χ0n) is 8.03. The van der Waals surface area contributed by atoms with E-state index in [1.165, 1.54) is 5.57 Å². The van der Waals surface area contributed by atoms with E-state index in [0.29, 0.717) is 11.8 Å². The lowest BCUT2D eigenvalue weighted by molar-refractivity contribution is 0.0923. The summed E-state index contributed by atoms with van der Waals surface area (Å²) in [5, 5.41) is 9.90. The Morgan fingerprint density at radius 1 is 1.62 bits per heavy atom. The van der Waals surface area contributed by atoms with Crippen LogP contribution in [0, 0.1) is 17.8 Å². The van der Waals surface area contributed by atoms with Crippen molar-refractivity contribution in [2.45, 2.75) is 19.4 Å². The lowest BCUT2D eigenvalue weighted by Gasteiger charge is -2.44. The molecule has 3 aliphatic rings. The predicted molar refractivity (Wildman–Crippen MR) is 54.2 cm³/mol. The molecule has 1 heteroatoms. The summed E-state index contributed by atoms with van der Waals surface area (Å²) in [6.45, 7) is 9.92. The van der Waals surface area contributed by atoms with Gasteiger partial charge in [-0.25, -0.2) is 0 Å². The molecule has 0 radical (unpaired) electrons. The van der Waals surface area contributed by atoms with Gasteiger partial charge in [0.15, 0.2) is 0 Å². The summed E-state index contributed by atoms with van der Waals surface area (Å²) in [6.07, 6.45) is 4.91. The minimum Gasteiger partial charge on any atom is -0.388 e. The molecule has 0 aromatic heterocycles. The molecule has 1 N–H and O–H groups in total. The average Bonchev–Trinajstić information content (AvgIpc) is 2.13. The Morgan fingerprint density at radius 3 is 2.92 bits per heavy atom. The highest BCUT2D eigenvalue weighted by atomic mass is 16.3. The molecule has 0 aliphatic heterocycles. The zero-order chi connectivity index (χ0) is 9.59. The van der Waals surface area contributed by atoms with Crippen LogP contribution in [0.4, 0.5) is 0 Å². The van der Waals surface area contributed by atoms with Crippen LogP contribution in [0.2, 0.25) is 0 Å². The fourth-order valence-corrected chi connectivity index (χ4v) is 2.63. The molecule has 0 aromatic carbocycles. The van der Waals surface area contributed by atoms with Crippen molar-refractivity contribution in [1.82, 2.24) is 0 Å². The Labute approximate surface area is 79.5 Å². The number of hydrogen-bond acceptors (Lipinski definition) is 1. The first-order valence-corrected chi connectivity index (χ1v) is 4.82. The molecule has 0 heterocycles. The van der Waals surface area contributed by atoms with Crippen molar-refractivity contribution in [3.63, 3.8) is 0 Å². The van der Waals surface area contributed by atoms with E-state index in [1.807, 2.05) is 6.08 Å². The Hall–Kier alpha value is -0.820. The van der Waals surface area contributed by atoms with E-state index < -0.39 is 0 Å². The van der Waals surface area contributed by atoms with Gasteiger partial charge in [0.05, 0.1) is 6.10 Å². The van der Waals surface area contributed by atoms with Crippen LogP contribution in [0.1, 0.15) is 13.3 Å². The van der Waals surface area contributed by atoms with Crippen molar-refractivity contribution < 1.29 is 5.11 Å². The van der Waals surface area contributed by atoms with Crippen LogP contribution in [0.5, 0.6) is 0 Å². The number of hydrogen-bond donors (Lipinski definition) is 1. The maximum Gasteiger partial charge on any atom is 0.0821 e. The van der Waals surface area contributed by atoms with Crippen molar-refractivity contribution in [2.24, 2.45) is 17.8 Å². The van der Waals surface area contributed by atoms with Crippen molar-refractivity contribution in [3.8, 4) is 0 Å². The number of allylic oxidation sites excluding steroid dienone is 2. The molecular formula is C12H16O. The third kappa shape index (κ3) is 1.11. The molecule has 1 saturated carbocycles. The summed E-state index contributed by atoms with van der Waals surface area (Å²) in [4.78, 5) is 0. The van der Waals surface area contributed by atoms with Gasteiger partial charge in [0, 0.05) is 11.8 Å². The van der Waals surface area contributed by atoms with Crippen molar-refractivity contribution >= 4 is 0 Å². The molecule has 2 bridgehead atoms.